The number of amides is 1. The predicted molar refractivity (Wildman–Crippen MR) is 54.4 cm³/mol. The van der Waals surface area contributed by atoms with Crippen LogP contribution >= 0.6 is 0 Å². The van der Waals surface area contributed by atoms with Gasteiger partial charge in [0, 0.05) is 12.5 Å². The Balaban J connectivity index is 3.96. The third-order valence-electron chi connectivity index (χ3n) is 1.86. The smallest absolute Gasteiger partial charge is 0.328 e. The van der Waals surface area contributed by atoms with E-state index >= 15 is 0 Å². The fraction of sp³-hybridized carbons (Fsp3) is 0.778. The third-order valence-corrected chi connectivity index (χ3v) is 1.86. The third kappa shape index (κ3) is 6.03. The Morgan fingerprint density at radius 3 is 2.40 bits per heavy atom. The summed E-state index contributed by atoms with van der Waals surface area (Å²) in [4.78, 5) is 21.8. The molecule has 0 aliphatic carbocycles. The summed E-state index contributed by atoms with van der Waals surface area (Å²) in [6.07, 6.45) is 0.192. The standard InChI is InChI=1S/C9H18N2O4/c1-3-10-6(2)4-8(13)11-7(5-12)9(14)15/h6-7,10,12H,3-5H2,1-2H3,(H,11,13)(H,14,15). The van der Waals surface area contributed by atoms with E-state index in [1.807, 2.05) is 13.8 Å². The first-order chi connectivity index (χ1) is 7.01. The predicted octanol–water partition coefficient (Wildman–Crippen LogP) is -1.06. The van der Waals surface area contributed by atoms with E-state index in [-0.39, 0.29) is 18.4 Å². The number of carbonyl (C=O) groups is 2. The molecule has 6 nitrogen and oxygen atoms in total. The summed E-state index contributed by atoms with van der Waals surface area (Å²) in [7, 11) is 0. The van der Waals surface area contributed by atoms with Crippen LogP contribution in [0.15, 0.2) is 0 Å². The van der Waals surface area contributed by atoms with E-state index in [0.29, 0.717) is 0 Å². The van der Waals surface area contributed by atoms with Crippen LogP contribution in [0.2, 0.25) is 0 Å². The summed E-state index contributed by atoms with van der Waals surface area (Å²) >= 11 is 0. The first-order valence-corrected chi connectivity index (χ1v) is 4.87. The monoisotopic (exact) mass is 218 g/mol. The zero-order valence-electron chi connectivity index (χ0n) is 8.99. The van der Waals surface area contributed by atoms with Gasteiger partial charge in [-0.1, -0.05) is 6.92 Å². The molecule has 2 atom stereocenters. The van der Waals surface area contributed by atoms with Crippen molar-refractivity contribution in [1.82, 2.24) is 10.6 Å². The van der Waals surface area contributed by atoms with Crippen molar-refractivity contribution in [2.75, 3.05) is 13.2 Å². The summed E-state index contributed by atoms with van der Waals surface area (Å²) in [6, 6.07) is -1.23. The van der Waals surface area contributed by atoms with Gasteiger partial charge in [-0.3, -0.25) is 4.79 Å². The van der Waals surface area contributed by atoms with E-state index in [1.165, 1.54) is 0 Å². The van der Waals surface area contributed by atoms with Crippen molar-refractivity contribution >= 4 is 11.9 Å². The van der Waals surface area contributed by atoms with Gasteiger partial charge in [0.05, 0.1) is 6.61 Å². The van der Waals surface area contributed by atoms with Crippen molar-refractivity contribution in [2.45, 2.75) is 32.4 Å². The van der Waals surface area contributed by atoms with Crippen LogP contribution in [0.1, 0.15) is 20.3 Å². The Labute approximate surface area is 88.7 Å². The Kier molecular flexibility index (Phi) is 6.64. The van der Waals surface area contributed by atoms with Crippen LogP contribution in [-0.2, 0) is 9.59 Å². The van der Waals surface area contributed by atoms with Gasteiger partial charge in [0.15, 0.2) is 0 Å². The van der Waals surface area contributed by atoms with E-state index in [4.69, 9.17) is 10.2 Å². The lowest BCUT2D eigenvalue weighted by atomic mass is 10.2. The van der Waals surface area contributed by atoms with Gasteiger partial charge in [-0.25, -0.2) is 4.79 Å². The van der Waals surface area contributed by atoms with E-state index < -0.39 is 18.6 Å². The van der Waals surface area contributed by atoms with Gasteiger partial charge in [-0.05, 0) is 13.5 Å². The molecule has 0 spiro atoms. The van der Waals surface area contributed by atoms with Crippen molar-refractivity contribution in [1.29, 1.82) is 0 Å². The van der Waals surface area contributed by atoms with E-state index in [0.717, 1.165) is 6.54 Å². The Morgan fingerprint density at radius 1 is 1.40 bits per heavy atom. The van der Waals surface area contributed by atoms with E-state index in [1.54, 1.807) is 0 Å². The number of aliphatic hydroxyl groups is 1. The molecule has 6 heteroatoms. The fourth-order valence-electron chi connectivity index (χ4n) is 1.14. The number of aliphatic carboxylic acids is 1. The van der Waals surface area contributed by atoms with E-state index in [2.05, 4.69) is 10.6 Å². The van der Waals surface area contributed by atoms with Crippen LogP contribution in [0.3, 0.4) is 0 Å². The normalized spacial score (nSPS) is 14.3. The molecule has 0 aromatic heterocycles. The molecule has 1 amide bonds. The van der Waals surface area contributed by atoms with Gasteiger partial charge in [0.2, 0.25) is 5.91 Å². The number of carboxylic acid groups (broad SMARTS) is 1. The van der Waals surface area contributed by atoms with Gasteiger partial charge in [-0.15, -0.1) is 0 Å². The summed E-state index contributed by atoms with van der Waals surface area (Å²) in [6.45, 7) is 3.90. The zero-order valence-corrected chi connectivity index (χ0v) is 8.99. The highest BCUT2D eigenvalue weighted by molar-refractivity contribution is 5.83. The number of hydrogen-bond acceptors (Lipinski definition) is 4. The average Bonchev–Trinajstić information content (AvgIpc) is 2.13. The number of nitrogens with one attached hydrogen (secondary N) is 2. The number of carbonyl (C=O) groups excluding carboxylic acids is 1. The lowest BCUT2D eigenvalue weighted by Gasteiger charge is -2.15. The molecule has 15 heavy (non-hydrogen) atoms. The van der Waals surface area contributed by atoms with Crippen LogP contribution in [0.25, 0.3) is 0 Å². The molecular weight excluding hydrogens is 200 g/mol. The first-order valence-electron chi connectivity index (χ1n) is 4.87. The maximum absolute atomic E-state index is 11.3. The average molecular weight is 218 g/mol. The second-order valence-corrected chi connectivity index (χ2v) is 3.30. The summed E-state index contributed by atoms with van der Waals surface area (Å²) < 4.78 is 0. The van der Waals surface area contributed by atoms with Gasteiger partial charge >= 0.3 is 5.97 Å². The molecule has 0 rings (SSSR count). The van der Waals surface area contributed by atoms with Crippen LogP contribution in [0.5, 0.6) is 0 Å². The van der Waals surface area contributed by atoms with Crippen LogP contribution < -0.4 is 10.6 Å². The molecule has 0 heterocycles. The molecule has 0 fully saturated rings. The highest BCUT2D eigenvalue weighted by Gasteiger charge is 2.19. The van der Waals surface area contributed by atoms with Crippen molar-refractivity contribution < 1.29 is 19.8 Å². The number of rotatable bonds is 7. The van der Waals surface area contributed by atoms with Gasteiger partial charge < -0.3 is 20.8 Å². The maximum Gasteiger partial charge on any atom is 0.328 e. The summed E-state index contributed by atoms with van der Waals surface area (Å²) in [5.41, 5.74) is 0. The molecule has 2 unspecified atom stereocenters. The molecule has 0 saturated carbocycles. The quantitative estimate of drug-likeness (QED) is 0.436. The number of hydrogen-bond donors (Lipinski definition) is 4. The molecule has 0 aromatic rings. The molecule has 88 valence electrons. The van der Waals surface area contributed by atoms with Gasteiger partial charge in [0.1, 0.15) is 6.04 Å². The van der Waals surface area contributed by atoms with Crippen molar-refractivity contribution in [2.24, 2.45) is 0 Å². The minimum Gasteiger partial charge on any atom is -0.480 e. The molecule has 4 N–H and O–H groups in total. The maximum atomic E-state index is 11.3. The molecular formula is C9H18N2O4. The molecule has 0 aliphatic heterocycles. The zero-order chi connectivity index (χ0) is 11.8. The molecule has 0 aromatic carbocycles. The SMILES string of the molecule is CCNC(C)CC(=O)NC(CO)C(=O)O. The first kappa shape index (κ1) is 13.9. The fourth-order valence-corrected chi connectivity index (χ4v) is 1.14. The largest absolute Gasteiger partial charge is 0.480 e. The van der Waals surface area contributed by atoms with Crippen LogP contribution in [-0.4, -0.2) is 47.3 Å². The highest BCUT2D eigenvalue weighted by atomic mass is 16.4. The Bertz CT molecular complexity index is 220. The van der Waals surface area contributed by atoms with Crippen molar-refractivity contribution in [3.8, 4) is 0 Å². The number of aliphatic hydroxyl groups excluding tert-OH is 1. The summed E-state index contributed by atoms with van der Waals surface area (Å²) in [5, 5.41) is 22.5. The molecule has 0 aliphatic rings. The minimum atomic E-state index is -1.23. The second kappa shape index (κ2) is 7.19. The Hall–Kier alpha value is -1.14. The van der Waals surface area contributed by atoms with Crippen LogP contribution in [0, 0.1) is 0 Å². The minimum absolute atomic E-state index is 0.0110. The summed E-state index contributed by atoms with van der Waals surface area (Å²) in [5.74, 6) is -1.62. The van der Waals surface area contributed by atoms with E-state index in [9.17, 15) is 9.59 Å². The van der Waals surface area contributed by atoms with Crippen molar-refractivity contribution in [3.05, 3.63) is 0 Å². The number of carboxylic acids is 1. The molecule has 0 bridgehead atoms. The molecule has 0 radical (unpaired) electrons. The lowest BCUT2D eigenvalue weighted by Crippen LogP contribution is -2.45. The molecule has 0 saturated heterocycles. The van der Waals surface area contributed by atoms with Gasteiger partial charge in [-0.2, -0.15) is 0 Å². The Morgan fingerprint density at radius 2 is 2.00 bits per heavy atom. The van der Waals surface area contributed by atoms with Crippen molar-refractivity contribution in [3.63, 3.8) is 0 Å². The second-order valence-electron chi connectivity index (χ2n) is 3.30. The van der Waals surface area contributed by atoms with Gasteiger partial charge in [0.25, 0.3) is 0 Å². The topological polar surface area (TPSA) is 98.7 Å². The lowest BCUT2D eigenvalue weighted by molar-refractivity contribution is -0.143. The van der Waals surface area contributed by atoms with Crippen LogP contribution in [0.4, 0.5) is 0 Å². The highest BCUT2D eigenvalue weighted by Crippen LogP contribution is 1.92.